The summed E-state index contributed by atoms with van der Waals surface area (Å²) in [4.78, 5) is 4.71. The first-order valence-electron chi connectivity index (χ1n) is 8.73. The molecule has 25 heavy (non-hydrogen) atoms. The molecule has 0 bridgehead atoms. The molecule has 0 spiro atoms. The summed E-state index contributed by atoms with van der Waals surface area (Å²) in [7, 11) is 0. The molecule has 126 valence electrons. The number of benzene rings is 2. The lowest BCUT2D eigenvalue weighted by Gasteiger charge is -2.20. The highest BCUT2D eigenvalue weighted by Crippen LogP contribution is 2.36. The lowest BCUT2D eigenvalue weighted by molar-refractivity contribution is 0.579. The van der Waals surface area contributed by atoms with Gasteiger partial charge in [-0.15, -0.1) is 0 Å². The zero-order chi connectivity index (χ0) is 17.8. The highest BCUT2D eigenvalue weighted by molar-refractivity contribution is 6.02. The summed E-state index contributed by atoms with van der Waals surface area (Å²) >= 11 is 0. The number of aromatic nitrogens is 1. The van der Waals surface area contributed by atoms with Crippen LogP contribution >= 0.6 is 0 Å². The topological polar surface area (TPSA) is 26.0 Å². The van der Waals surface area contributed by atoms with Gasteiger partial charge >= 0.3 is 0 Å². The Bertz CT molecular complexity index is 1100. The molecule has 0 fully saturated rings. The predicted octanol–water partition coefficient (Wildman–Crippen LogP) is 6.56. The number of aryl methyl sites for hydroxylation is 2. The number of pyridine rings is 1. The largest absolute Gasteiger partial charge is 0.461 e. The summed E-state index contributed by atoms with van der Waals surface area (Å²) in [5.74, 6) is 0.928. The van der Waals surface area contributed by atoms with E-state index in [1.807, 2.05) is 13.1 Å². The zero-order valence-corrected chi connectivity index (χ0v) is 15.5. The van der Waals surface area contributed by atoms with Crippen LogP contribution in [0.5, 0.6) is 0 Å². The fraction of sp³-hybridized carbons (Fsp3) is 0.261. The number of rotatable bonds is 1. The number of hydrogen-bond donors (Lipinski definition) is 0. The minimum absolute atomic E-state index is 0.131. The molecule has 0 saturated heterocycles. The molecule has 0 aliphatic heterocycles. The predicted molar refractivity (Wildman–Crippen MR) is 105 cm³/mol. The highest BCUT2D eigenvalue weighted by atomic mass is 16.3. The van der Waals surface area contributed by atoms with Crippen LogP contribution in [0.3, 0.4) is 0 Å². The molecule has 0 N–H and O–H groups in total. The Hall–Kier alpha value is -2.61. The van der Waals surface area contributed by atoms with Gasteiger partial charge in [0.25, 0.3) is 0 Å². The average molecular weight is 329 g/mol. The summed E-state index contributed by atoms with van der Waals surface area (Å²) in [6, 6.07) is 15.2. The van der Waals surface area contributed by atoms with Crippen molar-refractivity contribution < 1.29 is 4.42 Å². The molecule has 2 aromatic carbocycles. The van der Waals surface area contributed by atoms with Gasteiger partial charge in [-0.2, -0.15) is 0 Å². The van der Waals surface area contributed by atoms with Crippen molar-refractivity contribution in [3.8, 4) is 11.3 Å². The van der Waals surface area contributed by atoms with Gasteiger partial charge in [0.1, 0.15) is 11.3 Å². The zero-order valence-electron chi connectivity index (χ0n) is 15.5. The second kappa shape index (κ2) is 5.45. The van der Waals surface area contributed by atoms with Crippen molar-refractivity contribution in [3.05, 3.63) is 65.5 Å². The second-order valence-corrected chi connectivity index (χ2v) is 7.93. The quantitative estimate of drug-likeness (QED) is 0.395. The lowest BCUT2D eigenvalue weighted by atomic mass is 9.85. The van der Waals surface area contributed by atoms with Gasteiger partial charge in [-0.25, -0.2) is 0 Å². The minimum atomic E-state index is 0.131. The van der Waals surface area contributed by atoms with Gasteiger partial charge in [0.15, 0.2) is 0 Å². The molecule has 2 nitrogen and oxygen atoms in total. The van der Waals surface area contributed by atoms with Crippen molar-refractivity contribution in [1.29, 1.82) is 0 Å². The molecule has 4 aromatic rings. The van der Waals surface area contributed by atoms with Gasteiger partial charge in [-0.3, -0.25) is 4.98 Å². The highest BCUT2D eigenvalue weighted by Gasteiger charge is 2.17. The Morgan fingerprint density at radius 3 is 2.44 bits per heavy atom. The second-order valence-electron chi connectivity index (χ2n) is 7.93. The molecule has 4 rings (SSSR count). The summed E-state index contributed by atoms with van der Waals surface area (Å²) in [5.41, 5.74) is 5.65. The van der Waals surface area contributed by atoms with Crippen LogP contribution in [-0.2, 0) is 5.41 Å². The van der Waals surface area contributed by atoms with Crippen LogP contribution in [0.15, 0.2) is 53.1 Å². The van der Waals surface area contributed by atoms with Crippen molar-refractivity contribution in [2.75, 3.05) is 0 Å². The molecule has 0 saturated carbocycles. The third-order valence-electron chi connectivity index (χ3n) is 4.77. The molecule has 2 aromatic heterocycles. The van der Waals surface area contributed by atoms with E-state index in [1.54, 1.807) is 0 Å². The minimum Gasteiger partial charge on any atom is -0.461 e. The summed E-state index contributed by atoms with van der Waals surface area (Å²) in [6.07, 6.45) is 1.90. The molecule has 0 radical (unpaired) electrons. The first kappa shape index (κ1) is 15.9. The maximum atomic E-state index is 6.00. The van der Waals surface area contributed by atoms with Crippen molar-refractivity contribution in [2.24, 2.45) is 0 Å². The van der Waals surface area contributed by atoms with Gasteiger partial charge < -0.3 is 4.42 Å². The van der Waals surface area contributed by atoms with Gasteiger partial charge in [-0.05, 0) is 60.0 Å². The monoisotopic (exact) mass is 329 g/mol. The van der Waals surface area contributed by atoms with E-state index in [4.69, 9.17) is 9.40 Å². The number of hydrogen-bond acceptors (Lipinski definition) is 2. The number of fused-ring (bicyclic) bond motifs is 2. The molecular weight excluding hydrogens is 306 g/mol. The van der Waals surface area contributed by atoms with Gasteiger partial charge in [-0.1, -0.05) is 39.0 Å². The summed E-state index contributed by atoms with van der Waals surface area (Å²) in [6.45, 7) is 10.8. The van der Waals surface area contributed by atoms with E-state index in [1.165, 1.54) is 16.5 Å². The molecule has 2 heteroatoms. The van der Waals surface area contributed by atoms with Crippen LogP contribution in [0.2, 0.25) is 0 Å². The van der Waals surface area contributed by atoms with Crippen molar-refractivity contribution in [3.63, 3.8) is 0 Å². The molecule has 0 atom stereocenters. The van der Waals surface area contributed by atoms with Crippen molar-refractivity contribution >= 4 is 21.7 Å². The van der Waals surface area contributed by atoms with Gasteiger partial charge in [0.05, 0.1) is 5.69 Å². The van der Waals surface area contributed by atoms with Crippen LogP contribution < -0.4 is 0 Å². The van der Waals surface area contributed by atoms with E-state index in [0.717, 1.165) is 33.4 Å². The average Bonchev–Trinajstić information content (AvgIpc) is 2.92. The normalized spacial score (nSPS) is 12.2. The maximum absolute atomic E-state index is 6.00. The Morgan fingerprint density at radius 1 is 0.880 bits per heavy atom. The fourth-order valence-electron chi connectivity index (χ4n) is 3.47. The Morgan fingerprint density at radius 2 is 1.68 bits per heavy atom. The first-order valence-corrected chi connectivity index (χ1v) is 8.73. The molecule has 2 heterocycles. The molecule has 0 aliphatic carbocycles. The standard InChI is InChI=1S/C23H23NO/c1-14-10-17-12-15(2)25-22(17)20(11-14)21-19-7-6-18(23(3,4)5)13-16(19)8-9-24-21/h6-13H,1-5H3. The van der Waals surface area contributed by atoms with Crippen LogP contribution in [0.25, 0.3) is 33.0 Å². The molecular formula is C23H23NO. The summed E-state index contributed by atoms with van der Waals surface area (Å²) in [5, 5.41) is 3.52. The third-order valence-corrected chi connectivity index (χ3v) is 4.77. The molecule has 0 aliphatic rings. The van der Waals surface area contributed by atoms with E-state index in [2.05, 4.69) is 70.2 Å². The van der Waals surface area contributed by atoms with Gasteiger partial charge in [0, 0.05) is 22.5 Å². The SMILES string of the molecule is Cc1cc(-c2nccc3cc(C(C)(C)C)ccc23)c2oc(C)cc2c1. The first-order chi connectivity index (χ1) is 11.8. The van der Waals surface area contributed by atoms with Crippen LogP contribution in [0.4, 0.5) is 0 Å². The van der Waals surface area contributed by atoms with E-state index in [-0.39, 0.29) is 5.41 Å². The van der Waals surface area contributed by atoms with E-state index < -0.39 is 0 Å². The Labute approximate surface area is 148 Å². The maximum Gasteiger partial charge on any atom is 0.143 e. The van der Waals surface area contributed by atoms with E-state index >= 15 is 0 Å². The van der Waals surface area contributed by atoms with E-state index in [0.29, 0.717) is 0 Å². The Balaban J connectivity index is 2.02. The lowest BCUT2D eigenvalue weighted by Crippen LogP contribution is -2.10. The van der Waals surface area contributed by atoms with E-state index in [9.17, 15) is 0 Å². The van der Waals surface area contributed by atoms with Gasteiger partial charge in [0.2, 0.25) is 0 Å². The van der Waals surface area contributed by atoms with Crippen LogP contribution in [0, 0.1) is 13.8 Å². The molecule has 0 amide bonds. The van der Waals surface area contributed by atoms with Crippen molar-refractivity contribution in [2.45, 2.75) is 40.0 Å². The molecule has 0 unspecified atom stereocenters. The smallest absolute Gasteiger partial charge is 0.143 e. The van der Waals surface area contributed by atoms with Crippen molar-refractivity contribution in [1.82, 2.24) is 4.98 Å². The Kier molecular flexibility index (Phi) is 3.47. The number of furan rings is 1. The number of nitrogens with zero attached hydrogens (tertiary/aromatic N) is 1. The van der Waals surface area contributed by atoms with Crippen LogP contribution in [-0.4, -0.2) is 4.98 Å². The fourth-order valence-corrected chi connectivity index (χ4v) is 3.47. The summed E-state index contributed by atoms with van der Waals surface area (Å²) < 4.78 is 6.00. The third kappa shape index (κ3) is 2.72. The van der Waals surface area contributed by atoms with Crippen LogP contribution in [0.1, 0.15) is 37.7 Å².